The Balaban J connectivity index is 2.00. The molecule has 0 aliphatic carbocycles. The molecule has 0 aliphatic rings. The predicted octanol–water partition coefficient (Wildman–Crippen LogP) is 2.94. The van der Waals surface area contributed by atoms with Crippen LogP contribution in [0.25, 0.3) is 0 Å². The smallest absolute Gasteiger partial charge is 0.261 e. The second-order valence-corrected chi connectivity index (χ2v) is 5.47. The number of carbonyl (C=O) groups excluding carboxylic acids is 1. The first-order chi connectivity index (χ1) is 12.5. The molecule has 0 heterocycles. The maximum absolute atomic E-state index is 12.9. The molecule has 1 N–H and O–H groups in total. The highest BCUT2D eigenvalue weighted by molar-refractivity contribution is 5.80. The zero-order chi connectivity index (χ0) is 19.1. The number of ether oxygens (including phenoxy) is 4. The van der Waals surface area contributed by atoms with Crippen LogP contribution in [0.5, 0.6) is 23.0 Å². The predicted molar refractivity (Wildman–Crippen MR) is 94.4 cm³/mol. The topological polar surface area (TPSA) is 66.0 Å². The lowest BCUT2D eigenvalue weighted by Crippen LogP contribution is -2.35. The van der Waals surface area contributed by atoms with Crippen LogP contribution in [0.3, 0.4) is 0 Å². The van der Waals surface area contributed by atoms with E-state index in [2.05, 4.69) is 5.32 Å². The van der Waals surface area contributed by atoms with Crippen molar-refractivity contribution in [3.63, 3.8) is 0 Å². The molecule has 0 aromatic heterocycles. The molecule has 2 aromatic rings. The van der Waals surface area contributed by atoms with E-state index in [1.807, 2.05) is 0 Å². The van der Waals surface area contributed by atoms with Crippen molar-refractivity contribution in [1.29, 1.82) is 0 Å². The molecule has 2 rings (SSSR count). The van der Waals surface area contributed by atoms with E-state index in [9.17, 15) is 9.18 Å². The zero-order valence-electron chi connectivity index (χ0n) is 15.2. The van der Waals surface area contributed by atoms with E-state index < -0.39 is 6.10 Å². The minimum absolute atomic E-state index is 0.257. The quantitative estimate of drug-likeness (QED) is 0.781. The lowest BCUT2D eigenvalue weighted by atomic mass is 10.1. The normalized spacial score (nSPS) is 11.4. The van der Waals surface area contributed by atoms with Crippen LogP contribution in [0, 0.1) is 5.82 Å². The number of hydrogen-bond donors (Lipinski definition) is 1. The van der Waals surface area contributed by atoms with Gasteiger partial charge in [0.15, 0.2) is 17.6 Å². The molecule has 1 unspecified atom stereocenters. The van der Waals surface area contributed by atoms with Gasteiger partial charge in [0.25, 0.3) is 5.91 Å². The zero-order valence-corrected chi connectivity index (χ0v) is 15.2. The van der Waals surface area contributed by atoms with Gasteiger partial charge in [-0.25, -0.2) is 4.39 Å². The SMILES string of the molecule is COc1cc(CNC(=O)C(C)Oc2ccc(F)cc2)cc(OC)c1OC. The summed E-state index contributed by atoms with van der Waals surface area (Å²) in [7, 11) is 4.58. The number of amides is 1. The van der Waals surface area contributed by atoms with E-state index in [0.717, 1.165) is 5.56 Å². The van der Waals surface area contributed by atoms with Gasteiger partial charge < -0.3 is 24.3 Å². The molecule has 140 valence electrons. The summed E-state index contributed by atoms with van der Waals surface area (Å²) in [5, 5.41) is 2.78. The van der Waals surface area contributed by atoms with Gasteiger partial charge in [0.05, 0.1) is 21.3 Å². The van der Waals surface area contributed by atoms with Crippen LogP contribution < -0.4 is 24.3 Å². The second-order valence-electron chi connectivity index (χ2n) is 5.47. The van der Waals surface area contributed by atoms with Gasteiger partial charge in [0, 0.05) is 6.54 Å². The second kappa shape index (κ2) is 8.94. The van der Waals surface area contributed by atoms with Gasteiger partial charge >= 0.3 is 0 Å². The Kier molecular flexibility index (Phi) is 6.66. The van der Waals surface area contributed by atoms with Crippen LogP contribution in [0.2, 0.25) is 0 Å². The molecule has 0 saturated heterocycles. The minimum Gasteiger partial charge on any atom is -0.493 e. The van der Waals surface area contributed by atoms with Crippen molar-refractivity contribution in [2.45, 2.75) is 19.6 Å². The summed E-state index contributed by atoms with van der Waals surface area (Å²) in [6, 6.07) is 9.00. The van der Waals surface area contributed by atoms with Gasteiger partial charge in [-0.2, -0.15) is 0 Å². The number of halogens is 1. The summed E-state index contributed by atoms with van der Waals surface area (Å²) < 4.78 is 34.2. The Morgan fingerprint density at radius 3 is 2.12 bits per heavy atom. The summed E-state index contributed by atoms with van der Waals surface area (Å²) >= 11 is 0. The van der Waals surface area contributed by atoms with Crippen LogP contribution in [0.1, 0.15) is 12.5 Å². The van der Waals surface area contributed by atoms with Crippen LogP contribution in [0.4, 0.5) is 4.39 Å². The molecule has 1 amide bonds. The third kappa shape index (κ3) is 4.78. The highest BCUT2D eigenvalue weighted by Crippen LogP contribution is 2.38. The van der Waals surface area contributed by atoms with Crippen molar-refractivity contribution in [3.05, 3.63) is 47.8 Å². The van der Waals surface area contributed by atoms with E-state index in [0.29, 0.717) is 23.0 Å². The third-order valence-corrected chi connectivity index (χ3v) is 3.69. The van der Waals surface area contributed by atoms with Gasteiger partial charge in [0.1, 0.15) is 11.6 Å². The summed E-state index contributed by atoms with van der Waals surface area (Å²) in [4.78, 5) is 12.2. The van der Waals surface area contributed by atoms with Gasteiger partial charge in [-0.05, 0) is 48.9 Å². The molecule has 0 saturated carbocycles. The number of carbonyl (C=O) groups is 1. The van der Waals surface area contributed by atoms with Gasteiger partial charge in [-0.1, -0.05) is 0 Å². The fourth-order valence-electron chi connectivity index (χ4n) is 2.34. The molecule has 6 nitrogen and oxygen atoms in total. The molecular formula is C19H22FNO5. The summed E-state index contributed by atoms with van der Waals surface area (Å²) in [6.07, 6.45) is -0.734. The van der Waals surface area contributed by atoms with Crippen LogP contribution in [-0.2, 0) is 11.3 Å². The van der Waals surface area contributed by atoms with Crippen molar-refractivity contribution in [2.24, 2.45) is 0 Å². The average molecular weight is 363 g/mol. The van der Waals surface area contributed by atoms with Crippen molar-refractivity contribution >= 4 is 5.91 Å². The van der Waals surface area contributed by atoms with Crippen molar-refractivity contribution in [3.8, 4) is 23.0 Å². The van der Waals surface area contributed by atoms with E-state index in [-0.39, 0.29) is 18.3 Å². The summed E-state index contributed by atoms with van der Waals surface area (Å²) in [6.45, 7) is 1.88. The first-order valence-electron chi connectivity index (χ1n) is 7.97. The fraction of sp³-hybridized carbons (Fsp3) is 0.316. The number of hydrogen-bond acceptors (Lipinski definition) is 5. The van der Waals surface area contributed by atoms with Gasteiger partial charge in [-0.15, -0.1) is 0 Å². The van der Waals surface area contributed by atoms with Crippen LogP contribution in [-0.4, -0.2) is 33.3 Å². The van der Waals surface area contributed by atoms with Crippen molar-refractivity contribution in [1.82, 2.24) is 5.32 Å². The van der Waals surface area contributed by atoms with Crippen molar-refractivity contribution < 1.29 is 28.1 Å². The standard InChI is InChI=1S/C19H22FNO5/c1-12(26-15-7-5-14(20)6-8-15)19(22)21-11-13-9-16(23-2)18(25-4)17(10-13)24-3/h5-10,12H,11H2,1-4H3,(H,21,22). The Hall–Kier alpha value is -2.96. The Labute approximate surface area is 151 Å². The van der Waals surface area contributed by atoms with Crippen LogP contribution >= 0.6 is 0 Å². The first kappa shape index (κ1) is 19.4. The lowest BCUT2D eigenvalue weighted by Gasteiger charge is -2.16. The molecule has 7 heteroatoms. The molecule has 0 bridgehead atoms. The van der Waals surface area contributed by atoms with E-state index >= 15 is 0 Å². The molecule has 26 heavy (non-hydrogen) atoms. The van der Waals surface area contributed by atoms with Crippen molar-refractivity contribution in [2.75, 3.05) is 21.3 Å². The monoisotopic (exact) mass is 363 g/mol. The van der Waals surface area contributed by atoms with E-state index in [1.54, 1.807) is 19.1 Å². The highest BCUT2D eigenvalue weighted by atomic mass is 19.1. The Morgan fingerprint density at radius 1 is 1.04 bits per heavy atom. The van der Waals surface area contributed by atoms with Crippen LogP contribution in [0.15, 0.2) is 36.4 Å². The lowest BCUT2D eigenvalue weighted by molar-refractivity contribution is -0.127. The minimum atomic E-state index is -0.734. The summed E-state index contributed by atoms with van der Waals surface area (Å²) in [5.74, 6) is 1.25. The van der Waals surface area contributed by atoms with Gasteiger partial charge in [0.2, 0.25) is 5.75 Å². The largest absolute Gasteiger partial charge is 0.493 e. The molecule has 0 fully saturated rings. The Bertz CT molecular complexity index is 723. The highest BCUT2D eigenvalue weighted by Gasteiger charge is 2.17. The molecular weight excluding hydrogens is 341 g/mol. The number of benzene rings is 2. The number of nitrogens with one attached hydrogen (secondary N) is 1. The molecule has 0 spiro atoms. The first-order valence-corrected chi connectivity index (χ1v) is 7.97. The number of methoxy groups -OCH3 is 3. The molecule has 0 radical (unpaired) electrons. The van der Waals surface area contributed by atoms with E-state index in [4.69, 9.17) is 18.9 Å². The maximum Gasteiger partial charge on any atom is 0.261 e. The molecule has 2 aromatic carbocycles. The molecule has 1 atom stereocenters. The average Bonchev–Trinajstić information content (AvgIpc) is 2.66. The molecule has 0 aliphatic heterocycles. The summed E-state index contributed by atoms with van der Waals surface area (Å²) in [5.41, 5.74) is 0.779. The van der Waals surface area contributed by atoms with Gasteiger partial charge in [-0.3, -0.25) is 4.79 Å². The maximum atomic E-state index is 12.9. The fourth-order valence-corrected chi connectivity index (χ4v) is 2.34. The Morgan fingerprint density at radius 2 is 1.62 bits per heavy atom. The third-order valence-electron chi connectivity index (χ3n) is 3.69. The van der Waals surface area contributed by atoms with E-state index in [1.165, 1.54) is 45.6 Å². The number of rotatable bonds is 8.